The zero-order valence-corrected chi connectivity index (χ0v) is 10.7. The lowest BCUT2D eigenvalue weighted by Crippen LogP contribution is -2.42. The van der Waals surface area contributed by atoms with Crippen molar-refractivity contribution in [1.82, 2.24) is 4.90 Å². The molecule has 0 bridgehead atoms. The molecule has 4 heteroatoms. The zero-order chi connectivity index (χ0) is 13.4. The molecule has 18 heavy (non-hydrogen) atoms. The lowest BCUT2D eigenvalue weighted by Gasteiger charge is -2.20. The molecule has 1 rings (SSSR count). The second-order valence-electron chi connectivity index (χ2n) is 4.30. The van der Waals surface area contributed by atoms with Crippen LogP contribution in [0.15, 0.2) is 30.3 Å². The molecule has 0 aromatic heterocycles. The molecule has 1 unspecified atom stereocenters. The van der Waals surface area contributed by atoms with Gasteiger partial charge in [-0.1, -0.05) is 30.3 Å². The average molecular weight is 245 g/mol. The first-order chi connectivity index (χ1) is 8.65. The van der Waals surface area contributed by atoms with E-state index in [-0.39, 0.29) is 5.91 Å². The van der Waals surface area contributed by atoms with Gasteiger partial charge in [0.2, 0.25) is 5.91 Å². The maximum absolute atomic E-state index is 11.9. The maximum atomic E-state index is 11.9. The van der Waals surface area contributed by atoms with Crippen molar-refractivity contribution in [3.05, 3.63) is 35.9 Å². The molecule has 1 aromatic rings. The number of hydrogen-bond donors (Lipinski definition) is 1. The summed E-state index contributed by atoms with van der Waals surface area (Å²) in [4.78, 5) is 13.4. The van der Waals surface area contributed by atoms with Crippen molar-refractivity contribution in [2.45, 2.75) is 25.3 Å². The number of nitriles is 1. The normalized spacial score (nSPS) is 11.6. The van der Waals surface area contributed by atoms with Gasteiger partial charge in [-0.2, -0.15) is 5.26 Å². The maximum Gasteiger partial charge on any atom is 0.239 e. The first-order valence-electron chi connectivity index (χ1n) is 6.06. The molecule has 96 valence electrons. The molecule has 0 saturated heterocycles. The van der Waals surface area contributed by atoms with E-state index < -0.39 is 6.04 Å². The molecule has 0 aliphatic rings. The number of aryl methyl sites for hydroxylation is 1. The molecule has 0 heterocycles. The summed E-state index contributed by atoms with van der Waals surface area (Å²) in [6.45, 7) is 0.439. The molecular weight excluding hydrogens is 226 g/mol. The van der Waals surface area contributed by atoms with Crippen LogP contribution in [-0.2, 0) is 11.2 Å². The molecule has 0 fully saturated rings. The van der Waals surface area contributed by atoms with E-state index in [1.54, 1.807) is 7.05 Å². The van der Waals surface area contributed by atoms with Crippen LogP contribution in [0.4, 0.5) is 0 Å². The summed E-state index contributed by atoms with van der Waals surface area (Å²) in [6, 6.07) is 11.5. The van der Waals surface area contributed by atoms with Crippen molar-refractivity contribution in [1.29, 1.82) is 5.26 Å². The lowest BCUT2D eigenvalue weighted by atomic mass is 10.1. The summed E-state index contributed by atoms with van der Waals surface area (Å²) in [6.07, 6.45) is 1.76. The highest BCUT2D eigenvalue weighted by molar-refractivity contribution is 5.81. The first-order valence-corrected chi connectivity index (χ1v) is 6.06. The summed E-state index contributed by atoms with van der Waals surface area (Å²) in [5.74, 6) is -0.0961. The second kappa shape index (κ2) is 7.46. The van der Waals surface area contributed by atoms with Gasteiger partial charge in [-0.05, 0) is 18.4 Å². The average Bonchev–Trinajstić information content (AvgIpc) is 2.42. The van der Waals surface area contributed by atoms with Gasteiger partial charge in [0.05, 0.1) is 18.5 Å². The molecule has 0 aliphatic carbocycles. The lowest BCUT2D eigenvalue weighted by molar-refractivity contribution is -0.131. The van der Waals surface area contributed by atoms with Gasteiger partial charge in [-0.3, -0.25) is 4.79 Å². The highest BCUT2D eigenvalue weighted by Gasteiger charge is 2.17. The van der Waals surface area contributed by atoms with Gasteiger partial charge in [0.25, 0.3) is 0 Å². The van der Waals surface area contributed by atoms with Crippen molar-refractivity contribution >= 4 is 5.91 Å². The predicted molar refractivity (Wildman–Crippen MR) is 70.6 cm³/mol. The van der Waals surface area contributed by atoms with Gasteiger partial charge in [0.1, 0.15) is 0 Å². The summed E-state index contributed by atoms with van der Waals surface area (Å²) in [5, 5.41) is 8.47. The van der Waals surface area contributed by atoms with E-state index in [1.807, 2.05) is 36.4 Å². The molecule has 0 spiro atoms. The SMILES string of the molecule is CN(CCC#N)C(=O)C(N)CCc1ccccc1. The Labute approximate surface area is 108 Å². The van der Waals surface area contributed by atoms with Crippen LogP contribution in [-0.4, -0.2) is 30.4 Å². The molecule has 0 aliphatic heterocycles. The highest BCUT2D eigenvalue weighted by atomic mass is 16.2. The van der Waals surface area contributed by atoms with E-state index in [0.717, 1.165) is 6.42 Å². The number of nitrogens with zero attached hydrogens (tertiary/aromatic N) is 2. The van der Waals surface area contributed by atoms with Gasteiger partial charge in [0, 0.05) is 13.6 Å². The van der Waals surface area contributed by atoms with E-state index >= 15 is 0 Å². The van der Waals surface area contributed by atoms with Crippen LogP contribution in [0, 0.1) is 11.3 Å². The van der Waals surface area contributed by atoms with Crippen LogP contribution in [0.25, 0.3) is 0 Å². The standard InChI is InChI=1S/C14H19N3O/c1-17(11-5-10-15)14(18)13(16)9-8-12-6-3-2-4-7-12/h2-4,6-7,13H,5,8-9,11,16H2,1H3. The number of carbonyl (C=O) groups is 1. The minimum Gasteiger partial charge on any atom is -0.343 e. The molecule has 1 atom stereocenters. The molecule has 1 aromatic carbocycles. The van der Waals surface area contributed by atoms with Gasteiger partial charge in [0.15, 0.2) is 0 Å². The van der Waals surface area contributed by atoms with Gasteiger partial charge < -0.3 is 10.6 Å². The third kappa shape index (κ3) is 4.56. The van der Waals surface area contributed by atoms with Crippen LogP contribution in [0.3, 0.4) is 0 Å². The van der Waals surface area contributed by atoms with Crippen LogP contribution < -0.4 is 5.73 Å². The fourth-order valence-electron chi connectivity index (χ4n) is 1.70. The van der Waals surface area contributed by atoms with Crippen molar-refractivity contribution in [2.24, 2.45) is 5.73 Å². The fourth-order valence-corrected chi connectivity index (χ4v) is 1.70. The largest absolute Gasteiger partial charge is 0.343 e. The Hall–Kier alpha value is -1.86. The Kier molecular flexibility index (Phi) is 5.89. The first kappa shape index (κ1) is 14.2. The van der Waals surface area contributed by atoms with E-state index in [4.69, 9.17) is 11.0 Å². The smallest absolute Gasteiger partial charge is 0.239 e. The van der Waals surface area contributed by atoms with E-state index in [2.05, 4.69) is 0 Å². The third-order valence-corrected chi connectivity index (χ3v) is 2.84. The number of rotatable bonds is 6. The van der Waals surface area contributed by atoms with Crippen LogP contribution >= 0.6 is 0 Å². The van der Waals surface area contributed by atoms with E-state index in [1.165, 1.54) is 10.5 Å². The van der Waals surface area contributed by atoms with Gasteiger partial charge in [-0.15, -0.1) is 0 Å². The monoisotopic (exact) mass is 245 g/mol. The molecule has 0 saturated carbocycles. The van der Waals surface area contributed by atoms with E-state index in [0.29, 0.717) is 19.4 Å². The van der Waals surface area contributed by atoms with Gasteiger partial charge >= 0.3 is 0 Å². The topological polar surface area (TPSA) is 70.1 Å². The number of nitrogens with two attached hydrogens (primary N) is 1. The number of carbonyl (C=O) groups excluding carboxylic acids is 1. The predicted octanol–water partition coefficient (Wildman–Crippen LogP) is 1.32. The van der Waals surface area contributed by atoms with Crippen LogP contribution in [0.5, 0.6) is 0 Å². The highest BCUT2D eigenvalue weighted by Crippen LogP contribution is 2.05. The molecule has 2 N–H and O–H groups in total. The Balaban J connectivity index is 2.38. The third-order valence-electron chi connectivity index (χ3n) is 2.84. The minimum atomic E-state index is -0.492. The Morgan fingerprint density at radius 3 is 2.72 bits per heavy atom. The Morgan fingerprint density at radius 2 is 2.11 bits per heavy atom. The summed E-state index contributed by atoms with van der Waals surface area (Å²) in [7, 11) is 1.68. The summed E-state index contributed by atoms with van der Waals surface area (Å²) < 4.78 is 0. The number of amides is 1. The summed E-state index contributed by atoms with van der Waals surface area (Å²) >= 11 is 0. The number of benzene rings is 1. The molecular formula is C14H19N3O. The fraction of sp³-hybridized carbons (Fsp3) is 0.429. The second-order valence-corrected chi connectivity index (χ2v) is 4.30. The van der Waals surface area contributed by atoms with Crippen molar-refractivity contribution in [3.8, 4) is 6.07 Å². The van der Waals surface area contributed by atoms with Gasteiger partial charge in [-0.25, -0.2) is 0 Å². The minimum absolute atomic E-state index is 0.0961. The van der Waals surface area contributed by atoms with Crippen LogP contribution in [0.2, 0.25) is 0 Å². The Bertz CT molecular complexity index is 411. The summed E-state index contributed by atoms with van der Waals surface area (Å²) in [5.41, 5.74) is 7.04. The Morgan fingerprint density at radius 1 is 1.44 bits per heavy atom. The zero-order valence-electron chi connectivity index (χ0n) is 10.7. The quantitative estimate of drug-likeness (QED) is 0.821. The molecule has 4 nitrogen and oxygen atoms in total. The molecule has 0 radical (unpaired) electrons. The van der Waals surface area contributed by atoms with Crippen molar-refractivity contribution < 1.29 is 4.79 Å². The van der Waals surface area contributed by atoms with E-state index in [9.17, 15) is 4.79 Å². The van der Waals surface area contributed by atoms with Crippen LogP contribution in [0.1, 0.15) is 18.4 Å². The number of likely N-dealkylation sites (N-methyl/N-ethyl adjacent to an activating group) is 1. The number of hydrogen-bond acceptors (Lipinski definition) is 3. The van der Waals surface area contributed by atoms with Crippen molar-refractivity contribution in [2.75, 3.05) is 13.6 Å². The van der Waals surface area contributed by atoms with Crippen molar-refractivity contribution in [3.63, 3.8) is 0 Å². The molecule has 1 amide bonds.